The Morgan fingerprint density at radius 2 is 0.944 bits per heavy atom. The molecule has 2 atom stereocenters. The van der Waals surface area contributed by atoms with E-state index >= 15 is 0 Å². The van der Waals surface area contributed by atoms with Crippen molar-refractivity contribution in [1.29, 1.82) is 0 Å². The van der Waals surface area contributed by atoms with Crippen LogP contribution in [0.15, 0.2) is 60.7 Å². The monoisotopic (exact) mass is 278 g/mol. The molecule has 0 aliphatic rings. The number of alkyl halides is 2. The second-order valence-corrected chi connectivity index (χ2v) is 5.39. The van der Waals surface area contributed by atoms with Crippen LogP contribution in [-0.2, 0) is 0 Å². The van der Waals surface area contributed by atoms with Crippen molar-refractivity contribution in [2.24, 2.45) is 0 Å². The lowest BCUT2D eigenvalue weighted by molar-refractivity contribution is 0.700. The summed E-state index contributed by atoms with van der Waals surface area (Å²) in [7, 11) is 0. The summed E-state index contributed by atoms with van der Waals surface area (Å²) in [6, 6.07) is 20.3. The van der Waals surface area contributed by atoms with Crippen LogP contribution in [-0.4, -0.2) is 0 Å². The molecule has 2 rings (SSSR count). The molecule has 0 saturated heterocycles. The molecule has 0 heterocycles. The minimum absolute atomic E-state index is 0.0381. The van der Waals surface area contributed by atoms with Gasteiger partial charge in [0.1, 0.15) is 0 Å². The second-order valence-electron chi connectivity index (χ2n) is 4.33. The van der Waals surface area contributed by atoms with E-state index in [4.69, 9.17) is 23.2 Å². The molecular weight excluding hydrogens is 263 g/mol. The van der Waals surface area contributed by atoms with Gasteiger partial charge < -0.3 is 0 Å². The molecule has 0 unspecified atom stereocenters. The highest BCUT2D eigenvalue weighted by atomic mass is 35.5. The van der Waals surface area contributed by atoms with Crippen molar-refractivity contribution < 1.29 is 0 Å². The molecule has 0 spiro atoms. The lowest BCUT2D eigenvalue weighted by Crippen LogP contribution is -1.95. The van der Waals surface area contributed by atoms with Gasteiger partial charge in [-0.25, -0.2) is 0 Å². The first-order valence-corrected chi connectivity index (χ1v) is 7.02. The summed E-state index contributed by atoms with van der Waals surface area (Å²) >= 11 is 12.8. The topological polar surface area (TPSA) is 0 Å². The molecule has 0 bridgehead atoms. The molecule has 2 aromatic carbocycles. The molecule has 0 saturated carbocycles. The quantitative estimate of drug-likeness (QED) is 0.613. The molecule has 2 aromatic rings. The van der Waals surface area contributed by atoms with Crippen LogP contribution in [0.5, 0.6) is 0 Å². The summed E-state index contributed by atoms with van der Waals surface area (Å²) in [5, 5.41) is 0.0762. The molecule has 18 heavy (non-hydrogen) atoms. The fraction of sp³-hybridized carbons (Fsp3) is 0.250. The number of benzene rings is 2. The van der Waals surface area contributed by atoms with Gasteiger partial charge in [-0.15, -0.1) is 23.2 Å². The highest BCUT2D eigenvalue weighted by Crippen LogP contribution is 2.32. The van der Waals surface area contributed by atoms with E-state index in [1.54, 1.807) is 0 Å². The number of hydrogen-bond acceptors (Lipinski definition) is 0. The first-order valence-electron chi connectivity index (χ1n) is 6.15. The van der Waals surface area contributed by atoms with Crippen molar-refractivity contribution in [3.8, 4) is 0 Å². The van der Waals surface area contributed by atoms with Crippen molar-refractivity contribution in [1.82, 2.24) is 0 Å². The van der Waals surface area contributed by atoms with Crippen LogP contribution in [0.25, 0.3) is 0 Å². The highest BCUT2D eigenvalue weighted by molar-refractivity contribution is 6.21. The Hall–Kier alpha value is -0.980. The smallest absolute Gasteiger partial charge is 0.0585 e. The van der Waals surface area contributed by atoms with Gasteiger partial charge in [-0.1, -0.05) is 60.7 Å². The zero-order valence-corrected chi connectivity index (χ0v) is 11.6. The van der Waals surface area contributed by atoms with Gasteiger partial charge in [0.2, 0.25) is 0 Å². The Morgan fingerprint density at radius 3 is 1.28 bits per heavy atom. The van der Waals surface area contributed by atoms with Crippen LogP contribution >= 0.6 is 23.2 Å². The van der Waals surface area contributed by atoms with E-state index in [1.165, 1.54) is 0 Å². The Bertz CT molecular complexity index is 408. The van der Waals surface area contributed by atoms with Gasteiger partial charge in [0.25, 0.3) is 0 Å². The molecule has 0 amide bonds. The van der Waals surface area contributed by atoms with Gasteiger partial charge in [0, 0.05) is 0 Å². The summed E-state index contributed by atoms with van der Waals surface area (Å²) in [6.07, 6.45) is 1.77. The van der Waals surface area contributed by atoms with Crippen LogP contribution in [0.1, 0.15) is 34.7 Å². The molecule has 0 aliphatic heterocycles. The maximum absolute atomic E-state index is 6.38. The minimum atomic E-state index is 0.0381. The molecule has 0 radical (unpaired) electrons. The molecule has 0 aromatic heterocycles. The zero-order chi connectivity index (χ0) is 12.8. The van der Waals surface area contributed by atoms with Gasteiger partial charge in [-0.05, 0) is 24.0 Å². The van der Waals surface area contributed by atoms with Crippen molar-refractivity contribution >= 4 is 23.2 Å². The predicted molar refractivity (Wildman–Crippen MR) is 79.3 cm³/mol. The highest BCUT2D eigenvalue weighted by Gasteiger charge is 2.12. The van der Waals surface area contributed by atoms with Gasteiger partial charge in [0.15, 0.2) is 0 Å². The van der Waals surface area contributed by atoms with Crippen molar-refractivity contribution in [2.45, 2.75) is 23.6 Å². The number of rotatable bonds is 5. The van der Waals surface area contributed by atoms with Gasteiger partial charge in [-0.3, -0.25) is 0 Å². The summed E-state index contributed by atoms with van der Waals surface area (Å²) in [6.45, 7) is 0. The van der Waals surface area contributed by atoms with Crippen LogP contribution in [0.2, 0.25) is 0 Å². The maximum atomic E-state index is 6.38. The normalized spacial score (nSPS) is 14.1. The van der Waals surface area contributed by atoms with Gasteiger partial charge in [-0.2, -0.15) is 0 Å². The third-order valence-electron chi connectivity index (χ3n) is 3.00. The maximum Gasteiger partial charge on any atom is 0.0585 e. The van der Waals surface area contributed by atoms with Gasteiger partial charge in [0.05, 0.1) is 10.8 Å². The molecule has 0 aliphatic carbocycles. The number of halogens is 2. The van der Waals surface area contributed by atoms with E-state index in [1.807, 2.05) is 36.4 Å². The van der Waals surface area contributed by atoms with E-state index in [9.17, 15) is 0 Å². The summed E-state index contributed by atoms with van der Waals surface area (Å²) in [4.78, 5) is 0. The lowest BCUT2D eigenvalue weighted by Gasteiger charge is -2.13. The summed E-state index contributed by atoms with van der Waals surface area (Å²) in [5.41, 5.74) is 2.33. The number of hydrogen-bond donors (Lipinski definition) is 0. The Kier molecular flexibility index (Phi) is 5.10. The third kappa shape index (κ3) is 3.76. The van der Waals surface area contributed by atoms with E-state index in [2.05, 4.69) is 24.3 Å². The fourth-order valence-electron chi connectivity index (χ4n) is 1.95. The second kappa shape index (κ2) is 6.82. The third-order valence-corrected chi connectivity index (χ3v) is 3.94. The Morgan fingerprint density at radius 1 is 0.611 bits per heavy atom. The Labute approximate surface area is 119 Å². The van der Waals surface area contributed by atoms with E-state index in [0.29, 0.717) is 0 Å². The standard InChI is InChI=1S/C16H16Cl2/c17-15(13-7-3-1-4-8-13)11-12-16(18)14-9-5-2-6-10-14/h1-10,15-16H,11-12H2/t15-,16-/m1/s1. The SMILES string of the molecule is Cl[C@H](CC[C@@H](Cl)c1ccccc1)c1ccccc1. The molecule has 2 heteroatoms. The van der Waals surface area contributed by atoms with Crippen molar-refractivity contribution in [3.63, 3.8) is 0 Å². The lowest BCUT2D eigenvalue weighted by atomic mass is 10.0. The van der Waals surface area contributed by atoms with E-state index in [0.717, 1.165) is 24.0 Å². The average molecular weight is 279 g/mol. The molecule has 0 nitrogen and oxygen atoms in total. The van der Waals surface area contributed by atoms with E-state index < -0.39 is 0 Å². The Balaban J connectivity index is 1.89. The van der Waals surface area contributed by atoms with Crippen LogP contribution < -0.4 is 0 Å². The molecular formula is C16H16Cl2. The first-order chi connectivity index (χ1) is 8.77. The summed E-state index contributed by atoms with van der Waals surface area (Å²) in [5.74, 6) is 0. The van der Waals surface area contributed by atoms with Crippen LogP contribution in [0, 0.1) is 0 Å². The minimum Gasteiger partial charge on any atom is -0.118 e. The molecule has 94 valence electrons. The summed E-state index contributed by atoms with van der Waals surface area (Å²) < 4.78 is 0. The predicted octanol–water partition coefficient (Wildman–Crippen LogP) is 5.73. The molecule has 0 N–H and O–H groups in total. The van der Waals surface area contributed by atoms with Crippen LogP contribution in [0.3, 0.4) is 0 Å². The van der Waals surface area contributed by atoms with Crippen LogP contribution in [0.4, 0.5) is 0 Å². The molecule has 0 fully saturated rings. The zero-order valence-electron chi connectivity index (χ0n) is 10.1. The fourth-order valence-corrected chi connectivity index (χ4v) is 2.49. The van der Waals surface area contributed by atoms with Crippen molar-refractivity contribution in [2.75, 3.05) is 0 Å². The largest absolute Gasteiger partial charge is 0.118 e. The van der Waals surface area contributed by atoms with Gasteiger partial charge >= 0.3 is 0 Å². The van der Waals surface area contributed by atoms with E-state index in [-0.39, 0.29) is 10.8 Å². The van der Waals surface area contributed by atoms with Crippen molar-refractivity contribution in [3.05, 3.63) is 71.8 Å². The first kappa shape index (κ1) is 13.5. The average Bonchev–Trinajstić information content (AvgIpc) is 2.46.